The summed E-state index contributed by atoms with van der Waals surface area (Å²) in [5.41, 5.74) is 0.742. The lowest BCUT2D eigenvalue weighted by Crippen LogP contribution is -2.51. The normalized spacial score (nSPS) is 17.5. The summed E-state index contributed by atoms with van der Waals surface area (Å²) in [6.07, 6.45) is 0. The van der Waals surface area contributed by atoms with E-state index in [2.05, 4.69) is 24.1 Å². The van der Waals surface area contributed by atoms with E-state index in [0.29, 0.717) is 24.3 Å². The highest BCUT2D eigenvalue weighted by molar-refractivity contribution is 5.96. The lowest BCUT2D eigenvalue weighted by Gasteiger charge is -2.36. The molecule has 1 atom stereocenters. The molecule has 23 heavy (non-hydrogen) atoms. The first kappa shape index (κ1) is 16.0. The van der Waals surface area contributed by atoms with Crippen LogP contribution in [0.5, 0.6) is 0 Å². The number of amides is 1. The Balaban J connectivity index is 1.64. The molecular weight excluding hydrogens is 292 g/mol. The molecule has 0 saturated carbocycles. The largest absolute Gasteiger partial charge is 0.451 e. The summed E-state index contributed by atoms with van der Waals surface area (Å²) in [4.78, 5) is 14.8. The standard InChI is InChI=1S/C18H24N2O3/c1-13(2)15(20-7-9-22-10-8-20)12-19-18(21)17-11-14-5-3-4-6-16(14)23-17/h3-6,11,13,15H,7-10,12H2,1-2H3,(H,19,21). The van der Waals surface area contributed by atoms with Gasteiger partial charge in [-0.25, -0.2) is 0 Å². The van der Waals surface area contributed by atoms with E-state index in [9.17, 15) is 4.79 Å². The average molecular weight is 316 g/mol. The molecule has 1 aliphatic heterocycles. The second-order valence-electron chi connectivity index (χ2n) is 6.32. The van der Waals surface area contributed by atoms with Gasteiger partial charge >= 0.3 is 0 Å². The Labute approximate surface area is 136 Å². The van der Waals surface area contributed by atoms with Crippen LogP contribution in [0.15, 0.2) is 34.7 Å². The highest BCUT2D eigenvalue weighted by Gasteiger charge is 2.24. The Morgan fingerprint density at radius 1 is 1.26 bits per heavy atom. The lowest BCUT2D eigenvalue weighted by atomic mass is 10.0. The fourth-order valence-electron chi connectivity index (χ4n) is 3.07. The third-order valence-corrected chi connectivity index (χ3v) is 4.41. The molecule has 1 amide bonds. The first-order valence-electron chi connectivity index (χ1n) is 8.23. The van der Waals surface area contributed by atoms with E-state index in [4.69, 9.17) is 9.15 Å². The van der Waals surface area contributed by atoms with Gasteiger partial charge in [-0.2, -0.15) is 0 Å². The van der Waals surface area contributed by atoms with Gasteiger partial charge in [-0.3, -0.25) is 9.69 Å². The molecule has 3 rings (SSSR count). The topological polar surface area (TPSA) is 54.7 Å². The van der Waals surface area contributed by atoms with Crippen molar-refractivity contribution in [2.45, 2.75) is 19.9 Å². The van der Waals surface area contributed by atoms with Gasteiger partial charge in [0.2, 0.25) is 0 Å². The monoisotopic (exact) mass is 316 g/mol. The molecule has 1 fully saturated rings. The van der Waals surface area contributed by atoms with Crippen molar-refractivity contribution in [1.82, 2.24) is 10.2 Å². The number of nitrogens with zero attached hydrogens (tertiary/aromatic N) is 1. The molecule has 0 aliphatic carbocycles. The molecule has 1 saturated heterocycles. The van der Waals surface area contributed by atoms with Crippen molar-refractivity contribution >= 4 is 16.9 Å². The van der Waals surface area contributed by atoms with Crippen molar-refractivity contribution in [3.8, 4) is 0 Å². The molecule has 0 spiro atoms. The van der Waals surface area contributed by atoms with Crippen LogP contribution in [0.2, 0.25) is 0 Å². The predicted octanol–water partition coefficient (Wildman–Crippen LogP) is 2.52. The Hall–Kier alpha value is -1.85. The maximum Gasteiger partial charge on any atom is 0.287 e. The molecule has 1 aromatic heterocycles. The molecule has 2 aromatic rings. The Kier molecular flexibility index (Phi) is 4.98. The van der Waals surface area contributed by atoms with Crippen molar-refractivity contribution in [1.29, 1.82) is 0 Å². The fourth-order valence-corrected chi connectivity index (χ4v) is 3.07. The minimum Gasteiger partial charge on any atom is -0.451 e. The summed E-state index contributed by atoms with van der Waals surface area (Å²) < 4.78 is 11.0. The smallest absolute Gasteiger partial charge is 0.287 e. The Morgan fingerprint density at radius 3 is 2.70 bits per heavy atom. The number of para-hydroxylation sites is 1. The van der Waals surface area contributed by atoms with Gasteiger partial charge in [-0.15, -0.1) is 0 Å². The van der Waals surface area contributed by atoms with E-state index in [1.54, 1.807) is 6.07 Å². The third-order valence-electron chi connectivity index (χ3n) is 4.41. The number of rotatable bonds is 5. The second kappa shape index (κ2) is 7.15. The van der Waals surface area contributed by atoms with Crippen LogP contribution < -0.4 is 5.32 Å². The van der Waals surface area contributed by atoms with Gasteiger partial charge in [0.1, 0.15) is 5.58 Å². The van der Waals surface area contributed by atoms with E-state index < -0.39 is 0 Å². The minimum absolute atomic E-state index is 0.153. The number of fused-ring (bicyclic) bond motifs is 1. The van der Waals surface area contributed by atoms with Crippen LogP contribution in [0.1, 0.15) is 24.4 Å². The average Bonchev–Trinajstić information content (AvgIpc) is 2.99. The highest BCUT2D eigenvalue weighted by atomic mass is 16.5. The van der Waals surface area contributed by atoms with E-state index in [1.165, 1.54) is 0 Å². The van der Waals surface area contributed by atoms with Gasteiger partial charge in [-0.05, 0) is 18.1 Å². The molecule has 2 heterocycles. The SMILES string of the molecule is CC(C)C(CNC(=O)c1cc2ccccc2o1)N1CCOCC1. The number of furan rings is 1. The minimum atomic E-state index is -0.153. The highest BCUT2D eigenvalue weighted by Crippen LogP contribution is 2.19. The van der Waals surface area contributed by atoms with Crippen LogP contribution in [0.25, 0.3) is 11.0 Å². The first-order chi connectivity index (χ1) is 11.1. The van der Waals surface area contributed by atoms with Crippen LogP contribution in [-0.4, -0.2) is 49.7 Å². The van der Waals surface area contributed by atoms with Crippen molar-refractivity contribution in [3.63, 3.8) is 0 Å². The maximum atomic E-state index is 12.4. The van der Waals surface area contributed by atoms with Crippen molar-refractivity contribution in [2.24, 2.45) is 5.92 Å². The quantitative estimate of drug-likeness (QED) is 0.921. The summed E-state index contributed by atoms with van der Waals surface area (Å²) >= 11 is 0. The Morgan fingerprint density at radius 2 is 2.00 bits per heavy atom. The van der Waals surface area contributed by atoms with Crippen LogP contribution in [0.3, 0.4) is 0 Å². The van der Waals surface area contributed by atoms with Crippen molar-refractivity contribution < 1.29 is 13.9 Å². The molecule has 1 unspecified atom stereocenters. The molecule has 0 bridgehead atoms. The summed E-state index contributed by atoms with van der Waals surface area (Å²) in [5.74, 6) is 0.680. The number of morpholine rings is 1. The molecule has 5 nitrogen and oxygen atoms in total. The molecule has 1 aromatic carbocycles. The number of hydrogen-bond donors (Lipinski definition) is 1. The summed E-state index contributed by atoms with van der Waals surface area (Å²) in [6.45, 7) is 8.36. The molecule has 5 heteroatoms. The predicted molar refractivity (Wildman–Crippen MR) is 89.6 cm³/mol. The van der Waals surface area contributed by atoms with E-state index >= 15 is 0 Å². The zero-order valence-electron chi connectivity index (χ0n) is 13.7. The van der Waals surface area contributed by atoms with E-state index in [0.717, 1.165) is 37.3 Å². The van der Waals surface area contributed by atoms with Crippen LogP contribution in [0.4, 0.5) is 0 Å². The number of benzene rings is 1. The van der Waals surface area contributed by atoms with Crippen molar-refractivity contribution in [2.75, 3.05) is 32.8 Å². The van der Waals surface area contributed by atoms with Crippen LogP contribution >= 0.6 is 0 Å². The molecular formula is C18H24N2O3. The number of nitrogens with one attached hydrogen (secondary N) is 1. The fraction of sp³-hybridized carbons (Fsp3) is 0.500. The summed E-state index contributed by atoms with van der Waals surface area (Å²) in [6, 6.07) is 9.76. The zero-order chi connectivity index (χ0) is 16.2. The van der Waals surface area contributed by atoms with Gasteiger partial charge in [0.15, 0.2) is 5.76 Å². The number of carbonyl (C=O) groups is 1. The first-order valence-corrected chi connectivity index (χ1v) is 8.23. The molecule has 124 valence electrons. The van der Waals surface area contributed by atoms with Gasteiger partial charge in [0, 0.05) is 31.1 Å². The molecule has 1 N–H and O–H groups in total. The van der Waals surface area contributed by atoms with Crippen LogP contribution in [0, 0.1) is 5.92 Å². The van der Waals surface area contributed by atoms with Gasteiger partial charge in [0.05, 0.1) is 13.2 Å². The van der Waals surface area contributed by atoms with E-state index in [1.807, 2.05) is 24.3 Å². The lowest BCUT2D eigenvalue weighted by molar-refractivity contribution is 0.00666. The van der Waals surface area contributed by atoms with Crippen molar-refractivity contribution in [3.05, 3.63) is 36.1 Å². The zero-order valence-corrected chi connectivity index (χ0v) is 13.7. The number of hydrogen-bond acceptors (Lipinski definition) is 4. The number of ether oxygens (including phenoxy) is 1. The van der Waals surface area contributed by atoms with Gasteiger partial charge in [0.25, 0.3) is 5.91 Å². The van der Waals surface area contributed by atoms with Crippen LogP contribution in [-0.2, 0) is 4.74 Å². The molecule has 1 aliphatic rings. The molecule has 0 radical (unpaired) electrons. The Bertz CT molecular complexity index is 626. The third kappa shape index (κ3) is 3.74. The second-order valence-corrected chi connectivity index (χ2v) is 6.32. The summed E-state index contributed by atoms with van der Waals surface area (Å²) in [7, 11) is 0. The van der Waals surface area contributed by atoms with Gasteiger partial charge < -0.3 is 14.5 Å². The van der Waals surface area contributed by atoms with Gasteiger partial charge in [-0.1, -0.05) is 32.0 Å². The maximum absolute atomic E-state index is 12.4. The summed E-state index contributed by atoms with van der Waals surface area (Å²) in [5, 5.41) is 3.97. The number of carbonyl (C=O) groups excluding carboxylic acids is 1. The van der Waals surface area contributed by atoms with E-state index in [-0.39, 0.29) is 5.91 Å².